The fraction of sp³-hybridized carbons (Fsp3) is 0.0400. The fourth-order valence-corrected chi connectivity index (χ4v) is 4.30. The van der Waals surface area contributed by atoms with Crippen LogP contribution < -0.4 is 10.6 Å². The zero-order chi connectivity index (χ0) is 24.4. The van der Waals surface area contributed by atoms with Crippen molar-refractivity contribution in [2.45, 2.75) is 6.54 Å². The molecule has 0 amide bonds. The lowest BCUT2D eigenvalue weighted by molar-refractivity contribution is 0.628. The molecule has 5 rings (SSSR count). The second-order valence-electron chi connectivity index (χ2n) is 7.58. The minimum Gasteiger partial charge on any atom is -0.379 e. The normalized spacial score (nSPS) is 10.8. The number of nitrogens with zero attached hydrogens (tertiary/aromatic N) is 5. The number of hydrogen-bond donors (Lipinski definition) is 2. The monoisotopic (exact) mass is 547 g/mol. The molecule has 3 aromatic carbocycles. The maximum absolute atomic E-state index is 13.6. The maximum Gasteiger partial charge on any atom is 0.141 e. The maximum atomic E-state index is 13.6. The summed E-state index contributed by atoms with van der Waals surface area (Å²) < 4.78 is 14.4. The Labute approximate surface area is 213 Å². The van der Waals surface area contributed by atoms with Gasteiger partial charge >= 0.3 is 0 Å². The van der Waals surface area contributed by atoms with Crippen molar-refractivity contribution in [1.29, 1.82) is 5.26 Å². The Morgan fingerprint density at radius 2 is 1.89 bits per heavy atom. The van der Waals surface area contributed by atoms with Crippen molar-refractivity contribution in [3.05, 3.63) is 99.6 Å². The van der Waals surface area contributed by atoms with Gasteiger partial charge in [-0.2, -0.15) is 20.3 Å². The van der Waals surface area contributed by atoms with Crippen LogP contribution in [0.3, 0.4) is 0 Å². The lowest BCUT2D eigenvalue weighted by Crippen LogP contribution is -2.03. The summed E-state index contributed by atoms with van der Waals surface area (Å²) in [6, 6.07) is 19.9. The average Bonchev–Trinajstić information content (AvgIpc) is 3.35. The van der Waals surface area contributed by atoms with Crippen LogP contribution in [0.25, 0.3) is 16.6 Å². The van der Waals surface area contributed by atoms with E-state index in [1.54, 1.807) is 17.1 Å². The Balaban J connectivity index is 1.46. The topological polar surface area (TPSA) is 91.5 Å². The van der Waals surface area contributed by atoms with Crippen molar-refractivity contribution in [2.24, 2.45) is 0 Å². The molecule has 10 heteroatoms. The van der Waals surface area contributed by atoms with Crippen LogP contribution in [0.2, 0.25) is 5.02 Å². The van der Waals surface area contributed by atoms with Crippen molar-refractivity contribution in [3.8, 4) is 11.8 Å². The Kier molecular flexibility index (Phi) is 6.31. The molecule has 0 radical (unpaired) electrons. The number of nitrogens with one attached hydrogen (secondary N) is 2. The summed E-state index contributed by atoms with van der Waals surface area (Å²) in [5.74, 6) is -0.518. The molecule has 0 atom stereocenters. The molecular formula is C25H16BrClFN7. The molecule has 0 aliphatic carbocycles. The van der Waals surface area contributed by atoms with Crippen LogP contribution in [0.1, 0.15) is 11.3 Å². The minimum atomic E-state index is -0.518. The molecule has 0 fully saturated rings. The third kappa shape index (κ3) is 4.80. The van der Waals surface area contributed by atoms with Gasteiger partial charge in [-0.25, -0.2) is 4.39 Å². The Morgan fingerprint density at radius 3 is 2.66 bits per heavy atom. The first-order valence-corrected chi connectivity index (χ1v) is 11.6. The predicted octanol–water partition coefficient (Wildman–Crippen LogP) is 6.60. The summed E-state index contributed by atoms with van der Waals surface area (Å²) in [6.07, 6.45) is 3.20. The van der Waals surface area contributed by atoms with E-state index in [1.807, 2.05) is 42.5 Å². The first-order valence-electron chi connectivity index (χ1n) is 10.5. The highest BCUT2D eigenvalue weighted by Gasteiger charge is 2.14. The van der Waals surface area contributed by atoms with E-state index in [0.29, 0.717) is 34.4 Å². The van der Waals surface area contributed by atoms with Gasteiger partial charge < -0.3 is 10.6 Å². The van der Waals surface area contributed by atoms with Gasteiger partial charge in [0.25, 0.3) is 0 Å². The van der Waals surface area contributed by atoms with E-state index in [-0.39, 0.29) is 5.02 Å². The summed E-state index contributed by atoms with van der Waals surface area (Å²) >= 11 is 9.52. The van der Waals surface area contributed by atoms with Crippen molar-refractivity contribution in [2.75, 3.05) is 10.6 Å². The average molecular weight is 549 g/mol. The van der Waals surface area contributed by atoms with Crippen LogP contribution in [0, 0.1) is 17.1 Å². The molecule has 7 nitrogen and oxygen atoms in total. The molecule has 0 spiro atoms. The predicted molar refractivity (Wildman–Crippen MR) is 138 cm³/mol. The molecule has 172 valence electrons. The molecule has 0 saturated heterocycles. The third-order valence-corrected chi connectivity index (χ3v) is 6.13. The van der Waals surface area contributed by atoms with Crippen LogP contribution in [0.5, 0.6) is 0 Å². The van der Waals surface area contributed by atoms with Gasteiger partial charge in [0.2, 0.25) is 0 Å². The largest absolute Gasteiger partial charge is 0.379 e. The summed E-state index contributed by atoms with van der Waals surface area (Å²) in [7, 11) is 0. The molecule has 0 saturated carbocycles. The molecule has 0 unspecified atom stereocenters. The van der Waals surface area contributed by atoms with Gasteiger partial charge in [0.1, 0.15) is 17.6 Å². The number of para-hydroxylation sites is 1. The number of aromatic nitrogens is 4. The van der Waals surface area contributed by atoms with Gasteiger partial charge in [0, 0.05) is 27.4 Å². The quantitative estimate of drug-likeness (QED) is 0.248. The van der Waals surface area contributed by atoms with E-state index >= 15 is 0 Å². The summed E-state index contributed by atoms with van der Waals surface area (Å²) in [5.41, 5.74) is 4.52. The summed E-state index contributed by atoms with van der Waals surface area (Å²) in [6.45, 7) is 0.437. The summed E-state index contributed by atoms with van der Waals surface area (Å²) in [4.78, 5) is 6.01. The Bertz CT molecular complexity index is 1580. The zero-order valence-corrected chi connectivity index (χ0v) is 20.3. The van der Waals surface area contributed by atoms with Crippen molar-refractivity contribution in [1.82, 2.24) is 20.0 Å². The molecule has 0 aliphatic rings. The second-order valence-corrected chi connectivity index (χ2v) is 8.84. The molecule has 2 aromatic heterocycles. The molecule has 5 aromatic rings. The van der Waals surface area contributed by atoms with Crippen molar-refractivity contribution < 1.29 is 4.39 Å². The van der Waals surface area contributed by atoms with Crippen LogP contribution in [0.4, 0.5) is 21.5 Å². The number of anilines is 3. The third-order valence-electron chi connectivity index (χ3n) is 5.23. The van der Waals surface area contributed by atoms with Gasteiger partial charge in [0.05, 0.1) is 40.2 Å². The molecule has 2 heterocycles. The van der Waals surface area contributed by atoms with Gasteiger partial charge in [-0.3, -0.25) is 4.98 Å². The standard InChI is InChI=1S/C25H16BrClFN7/c26-21-9-17(30-13-18-14-32-35(34-18)19-4-2-1-3-5-19)8-20-24(15(11-29)12-31-25(20)21)33-16-6-7-23(28)22(27)10-16/h1-10,12,14,30H,13H2,(H,31,33). The lowest BCUT2D eigenvalue weighted by Gasteiger charge is -2.14. The van der Waals surface area contributed by atoms with E-state index in [1.165, 1.54) is 18.3 Å². The van der Waals surface area contributed by atoms with Crippen molar-refractivity contribution in [3.63, 3.8) is 0 Å². The van der Waals surface area contributed by atoms with Crippen LogP contribution >= 0.6 is 27.5 Å². The number of fused-ring (bicyclic) bond motifs is 1. The molecular weight excluding hydrogens is 533 g/mol. The van der Waals surface area contributed by atoms with E-state index in [9.17, 15) is 9.65 Å². The number of rotatable bonds is 6. The van der Waals surface area contributed by atoms with Gasteiger partial charge in [0.15, 0.2) is 0 Å². The van der Waals surface area contributed by atoms with E-state index < -0.39 is 5.82 Å². The van der Waals surface area contributed by atoms with Gasteiger partial charge in [-0.05, 0) is 58.4 Å². The first kappa shape index (κ1) is 22.8. The molecule has 2 N–H and O–H groups in total. The fourth-order valence-electron chi connectivity index (χ4n) is 3.55. The SMILES string of the molecule is N#Cc1cnc2c(Br)cc(NCc3cnn(-c4ccccc4)n3)cc2c1Nc1ccc(F)c(Cl)c1. The zero-order valence-electron chi connectivity index (χ0n) is 18.0. The Hall–Kier alpha value is -4.00. The lowest BCUT2D eigenvalue weighted by atomic mass is 10.1. The second kappa shape index (κ2) is 9.70. The number of pyridine rings is 1. The number of benzene rings is 3. The minimum absolute atomic E-state index is 0.0149. The summed E-state index contributed by atoms with van der Waals surface area (Å²) in [5, 5.41) is 25.8. The highest BCUT2D eigenvalue weighted by Crippen LogP contribution is 2.35. The van der Waals surface area contributed by atoms with Gasteiger partial charge in [-0.1, -0.05) is 29.8 Å². The number of nitriles is 1. The molecule has 0 bridgehead atoms. The van der Waals surface area contributed by atoms with Gasteiger partial charge in [-0.15, -0.1) is 0 Å². The van der Waals surface area contributed by atoms with Crippen molar-refractivity contribution >= 4 is 55.5 Å². The number of halogens is 3. The first-order chi connectivity index (χ1) is 17.0. The molecule has 35 heavy (non-hydrogen) atoms. The Morgan fingerprint density at radius 1 is 1.06 bits per heavy atom. The van der Waals surface area contributed by atoms with E-state index in [0.717, 1.165) is 21.5 Å². The van der Waals surface area contributed by atoms with Crippen LogP contribution in [-0.2, 0) is 6.54 Å². The smallest absolute Gasteiger partial charge is 0.141 e. The highest BCUT2D eigenvalue weighted by atomic mass is 79.9. The number of hydrogen-bond acceptors (Lipinski definition) is 6. The van der Waals surface area contributed by atoms with E-state index in [4.69, 9.17) is 11.6 Å². The highest BCUT2D eigenvalue weighted by molar-refractivity contribution is 9.10. The molecule has 0 aliphatic heterocycles. The van der Waals surface area contributed by atoms with Crippen LogP contribution in [0.15, 0.2) is 77.5 Å². The van der Waals surface area contributed by atoms with Crippen LogP contribution in [-0.4, -0.2) is 20.0 Å². The van der Waals surface area contributed by atoms with E-state index in [2.05, 4.69) is 47.8 Å².